The van der Waals surface area contributed by atoms with Gasteiger partial charge in [-0.2, -0.15) is 0 Å². The summed E-state index contributed by atoms with van der Waals surface area (Å²) in [5.74, 6) is 0.457. The first-order valence-corrected chi connectivity index (χ1v) is 8.73. The molecule has 1 aromatic carbocycles. The second kappa shape index (κ2) is 8.03. The third-order valence-electron chi connectivity index (χ3n) is 4.55. The molecule has 2 heterocycles. The van der Waals surface area contributed by atoms with Gasteiger partial charge in [0.25, 0.3) is 0 Å². The van der Waals surface area contributed by atoms with E-state index in [0.29, 0.717) is 24.4 Å². The zero-order chi connectivity index (χ0) is 18.5. The highest BCUT2D eigenvalue weighted by molar-refractivity contribution is 5.85. The monoisotopic (exact) mass is 357 g/mol. The lowest BCUT2D eigenvalue weighted by Gasteiger charge is -2.33. The summed E-state index contributed by atoms with van der Waals surface area (Å²) >= 11 is 0. The molecule has 2 aromatic rings. The van der Waals surface area contributed by atoms with Gasteiger partial charge in [-0.25, -0.2) is 4.79 Å². The van der Waals surface area contributed by atoms with Crippen LogP contribution in [0.3, 0.4) is 0 Å². The average molecular weight is 357 g/mol. The quantitative estimate of drug-likeness (QED) is 0.909. The zero-order valence-electron chi connectivity index (χ0n) is 15.0. The molecule has 3 rings (SSSR count). The maximum Gasteiger partial charge on any atom is 0.410 e. The molecule has 0 spiro atoms. The van der Waals surface area contributed by atoms with E-state index in [-0.39, 0.29) is 12.5 Å². The van der Waals surface area contributed by atoms with Crippen molar-refractivity contribution in [2.45, 2.75) is 38.8 Å². The Kier molecular flexibility index (Phi) is 5.55. The summed E-state index contributed by atoms with van der Waals surface area (Å²) in [5.41, 5.74) is 2.74. The van der Waals surface area contributed by atoms with Crippen LogP contribution < -0.4 is 5.32 Å². The van der Waals surface area contributed by atoms with Crippen LogP contribution in [0.15, 0.2) is 34.9 Å². The van der Waals surface area contributed by atoms with E-state index in [1.165, 1.54) is 17.6 Å². The zero-order valence-corrected chi connectivity index (χ0v) is 15.0. The predicted molar refractivity (Wildman–Crippen MR) is 95.3 cm³/mol. The molecule has 0 aliphatic carbocycles. The van der Waals surface area contributed by atoms with Gasteiger partial charge in [0, 0.05) is 18.2 Å². The Labute approximate surface area is 152 Å². The van der Waals surface area contributed by atoms with Crippen LogP contribution in [0.25, 0.3) is 11.3 Å². The van der Waals surface area contributed by atoms with Crippen LogP contribution in [-0.2, 0) is 16.1 Å². The number of carbonyl (C=O) groups is 2. The maximum absolute atomic E-state index is 12.5. The molecular formula is C19H23N3O4. The molecule has 1 atom stereocenters. The minimum absolute atomic E-state index is 0.199. The molecule has 26 heavy (non-hydrogen) atoms. The van der Waals surface area contributed by atoms with E-state index < -0.39 is 12.1 Å². The molecule has 1 aliphatic heterocycles. The first-order valence-electron chi connectivity index (χ1n) is 8.73. The van der Waals surface area contributed by atoms with Crippen molar-refractivity contribution in [3.8, 4) is 11.3 Å². The van der Waals surface area contributed by atoms with Crippen molar-refractivity contribution in [3.63, 3.8) is 0 Å². The number of methoxy groups -OCH3 is 1. The SMILES string of the molecule is COC(=O)N1CCCC[C@H]1C(=O)NCc1cc(-c2ccc(C)cc2)on1. The van der Waals surface area contributed by atoms with Crippen molar-refractivity contribution < 1.29 is 18.8 Å². The molecule has 1 aliphatic rings. The van der Waals surface area contributed by atoms with Crippen molar-refractivity contribution >= 4 is 12.0 Å². The maximum atomic E-state index is 12.5. The van der Waals surface area contributed by atoms with Gasteiger partial charge in [0.2, 0.25) is 5.91 Å². The minimum atomic E-state index is -0.500. The summed E-state index contributed by atoms with van der Waals surface area (Å²) in [6.07, 6.45) is 1.96. The summed E-state index contributed by atoms with van der Waals surface area (Å²) in [5, 5.41) is 6.85. The number of hydrogen-bond donors (Lipinski definition) is 1. The number of rotatable bonds is 4. The first kappa shape index (κ1) is 18.0. The molecule has 1 aromatic heterocycles. The molecular weight excluding hydrogens is 334 g/mol. The fourth-order valence-electron chi connectivity index (χ4n) is 3.08. The smallest absolute Gasteiger partial charge is 0.410 e. The Morgan fingerprint density at radius 1 is 1.31 bits per heavy atom. The third-order valence-corrected chi connectivity index (χ3v) is 4.55. The van der Waals surface area contributed by atoms with Crippen LogP contribution in [-0.4, -0.2) is 41.8 Å². The standard InChI is InChI=1S/C19H23N3O4/c1-13-6-8-14(9-7-13)17-11-15(21-26-17)12-20-18(23)16-5-3-4-10-22(16)19(24)25-2/h6-9,11,16H,3-5,10,12H2,1-2H3,(H,20,23)/t16-/m0/s1. The molecule has 1 saturated heterocycles. The van der Waals surface area contributed by atoms with E-state index >= 15 is 0 Å². The third kappa shape index (κ3) is 4.04. The molecule has 2 amide bonds. The number of benzene rings is 1. The molecule has 7 nitrogen and oxygen atoms in total. The number of aryl methyl sites for hydroxylation is 1. The lowest BCUT2D eigenvalue weighted by Crippen LogP contribution is -2.51. The summed E-state index contributed by atoms with van der Waals surface area (Å²) < 4.78 is 10.1. The molecule has 7 heteroatoms. The Bertz CT molecular complexity index is 769. The number of nitrogens with one attached hydrogen (secondary N) is 1. The molecule has 138 valence electrons. The van der Waals surface area contributed by atoms with Crippen molar-refractivity contribution in [1.82, 2.24) is 15.4 Å². The van der Waals surface area contributed by atoms with Crippen LogP contribution >= 0.6 is 0 Å². The highest BCUT2D eigenvalue weighted by atomic mass is 16.5. The normalized spacial score (nSPS) is 17.0. The number of hydrogen-bond acceptors (Lipinski definition) is 5. The first-order chi connectivity index (χ1) is 12.6. The highest BCUT2D eigenvalue weighted by Gasteiger charge is 2.32. The summed E-state index contributed by atoms with van der Waals surface area (Å²) in [6, 6.07) is 9.25. The Morgan fingerprint density at radius 2 is 2.08 bits per heavy atom. The number of carbonyl (C=O) groups excluding carboxylic acids is 2. The van der Waals surface area contributed by atoms with Gasteiger partial charge in [0.1, 0.15) is 11.7 Å². The highest BCUT2D eigenvalue weighted by Crippen LogP contribution is 2.21. The predicted octanol–water partition coefficient (Wildman–Crippen LogP) is 2.89. The average Bonchev–Trinajstić information content (AvgIpc) is 3.15. The van der Waals surface area contributed by atoms with Crippen molar-refractivity contribution in [2.75, 3.05) is 13.7 Å². The lowest BCUT2D eigenvalue weighted by molar-refractivity contribution is -0.127. The van der Waals surface area contributed by atoms with Crippen molar-refractivity contribution in [3.05, 3.63) is 41.6 Å². The van der Waals surface area contributed by atoms with Crippen LogP contribution in [0.5, 0.6) is 0 Å². The number of aromatic nitrogens is 1. The van der Waals surface area contributed by atoms with E-state index in [4.69, 9.17) is 9.26 Å². The van der Waals surface area contributed by atoms with Crippen molar-refractivity contribution in [1.29, 1.82) is 0 Å². The second-order valence-corrected chi connectivity index (χ2v) is 6.44. The van der Waals surface area contributed by atoms with Gasteiger partial charge in [-0.15, -0.1) is 0 Å². The minimum Gasteiger partial charge on any atom is -0.453 e. The van der Waals surface area contributed by atoms with E-state index in [1.807, 2.05) is 37.3 Å². The number of piperidine rings is 1. The summed E-state index contributed by atoms with van der Waals surface area (Å²) in [6.45, 7) is 2.81. The van der Waals surface area contributed by atoms with E-state index in [9.17, 15) is 9.59 Å². The van der Waals surface area contributed by atoms with Gasteiger partial charge in [-0.3, -0.25) is 9.69 Å². The van der Waals surface area contributed by atoms with Crippen LogP contribution in [0.1, 0.15) is 30.5 Å². The van der Waals surface area contributed by atoms with E-state index in [1.54, 1.807) is 0 Å². The van der Waals surface area contributed by atoms with E-state index in [0.717, 1.165) is 18.4 Å². The lowest BCUT2D eigenvalue weighted by atomic mass is 10.0. The molecule has 1 N–H and O–H groups in total. The molecule has 0 saturated carbocycles. The van der Waals surface area contributed by atoms with Gasteiger partial charge in [-0.1, -0.05) is 35.0 Å². The van der Waals surface area contributed by atoms with Gasteiger partial charge < -0.3 is 14.6 Å². The second-order valence-electron chi connectivity index (χ2n) is 6.44. The fourth-order valence-corrected chi connectivity index (χ4v) is 3.08. The molecule has 1 fully saturated rings. The molecule has 0 radical (unpaired) electrons. The van der Waals surface area contributed by atoms with Gasteiger partial charge in [0.15, 0.2) is 5.76 Å². The van der Waals surface area contributed by atoms with Gasteiger partial charge >= 0.3 is 6.09 Å². The van der Waals surface area contributed by atoms with Gasteiger partial charge in [-0.05, 0) is 26.2 Å². The Morgan fingerprint density at radius 3 is 2.81 bits per heavy atom. The van der Waals surface area contributed by atoms with E-state index in [2.05, 4.69) is 10.5 Å². The largest absolute Gasteiger partial charge is 0.453 e. The number of nitrogens with zero attached hydrogens (tertiary/aromatic N) is 2. The summed E-state index contributed by atoms with van der Waals surface area (Å²) in [4.78, 5) is 25.8. The fraction of sp³-hybridized carbons (Fsp3) is 0.421. The van der Waals surface area contributed by atoms with Crippen LogP contribution in [0.4, 0.5) is 4.79 Å². The van der Waals surface area contributed by atoms with Gasteiger partial charge in [0.05, 0.1) is 13.7 Å². The van der Waals surface area contributed by atoms with Crippen molar-refractivity contribution in [2.24, 2.45) is 0 Å². The number of likely N-dealkylation sites (tertiary alicyclic amines) is 1. The molecule has 0 bridgehead atoms. The number of amides is 2. The number of ether oxygens (including phenoxy) is 1. The van der Waals surface area contributed by atoms with Crippen LogP contribution in [0, 0.1) is 6.92 Å². The van der Waals surface area contributed by atoms with Crippen LogP contribution in [0.2, 0.25) is 0 Å². The Balaban J connectivity index is 1.60. The summed E-state index contributed by atoms with van der Waals surface area (Å²) in [7, 11) is 1.33. The molecule has 0 unspecified atom stereocenters. The topological polar surface area (TPSA) is 84.7 Å². The Hall–Kier alpha value is -2.83.